The van der Waals surface area contributed by atoms with Crippen LogP contribution in [0.25, 0.3) is 23.0 Å². The summed E-state index contributed by atoms with van der Waals surface area (Å²) in [6, 6.07) is 18.4. The van der Waals surface area contributed by atoms with Crippen molar-refractivity contribution in [1.29, 1.82) is 0 Å². The fourth-order valence-electron chi connectivity index (χ4n) is 3.94. The van der Waals surface area contributed by atoms with Gasteiger partial charge in [0.05, 0.1) is 11.9 Å². The fourth-order valence-corrected chi connectivity index (χ4v) is 3.94. The van der Waals surface area contributed by atoms with Crippen LogP contribution in [-0.4, -0.2) is 33.6 Å². The van der Waals surface area contributed by atoms with Crippen LogP contribution in [0.3, 0.4) is 0 Å². The predicted octanol–water partition coefficient (Wildman–Crippen LogP) is 4.28. The van der Waals surface area contributed by atoms with E-state index in [0.717, 1.165) is 5.69 Å². The molecular formula is C24H20N4O2. The number of aromatic nitrogens is 3. The molecule has 1 amide bonds. The van der Waals surface area contributed by atoms with Crippen molar-refractivity contribution < 1.29 is 9.53 Å². The highest BCUT2D eigenvalue weighted by Crippen LogP contribution is 2.44. The van der Waals surface area contributed by atoms with Crippen molar-refractivity contribution >= 4 is 17.9 Å². The Labute approximate surface area is 173 Å². The lowest BCUT2D eigenvalue weighted by Crippen LogP contribution is -2.26. The molecule has 0 atom stereocenters. The number of carbonyl (C=O) groups is 1. The third-order valence-electron chi connectivity index (χ3n) is 5.31. The average Bonchev–Trinajstić information content (AvgIpc) is 3.34. The maximum absolute atomic E-state index is 12.2. The summed E-state index contributed by atoms with van der Waals surface area (Å²) in [5, 5.41) is 2.77. The van der Waals surface area contributed by atoms with E-state index in [1.165, 1.54) is 22.3 Å². The minimum Gasteiger partial charge on any atom is -0.449 e. The molecule has 0 saturated carbocycles. The number of fused-ring (bicyclic) bond motifs is 4. The first-order valence-electron chi connectivity index (χ1n) is 9.85. The molecule has 0 unspecified atom stereocenters. The number of ether oxygens (including phenoxy) is 1. The van der Waals surface area contributed by atoms with Gasteiger partial charge in [-0.2, -0.15) is 0 Å². The van der Waals surface area contributed by atoms with E-state index in [0.29, 0.717) is 18.9 Å². The Hall–Kier alpha value is -3.93. The summed E-state index contributed by atoms with van der Waals surface area (Å²) in [6.45, 7) is 0.673. The second-order valence-corrected chi connectivity index (χ2v) is 7.08. The summed E-state index contributed by atoms with van der Waals surface area (Å²) in [5.74, 6) is 0.700. The van der Waals surface area contributed by atoms with Crippen molar-refractivity contribution in [2.24, 2.45) is 0 Å². The van der Waals surface area contributed by atoms with Crippen molar-refractivity contribution in [2.75, 3.05) is 13.2 Å². The zero-order valence-electron chi connectivity index (χ0n) is 16.2. The quantitative estimate of drug-likeness (QED) is 0.547. The number of carbonyl (C=O) groups excluding carboxylic acids is 1. The van der Waals surface area contributed by atoms with E-state index in [1.54, 1.807) is 12.4 Å². The highest BCUT2D eigenvalue weighted by molar-refractivity contribution is 5.79. The molecule has 6 heteroatoms. The van der Waals surface area contributed by atoms with Gasteiger partial charge in [0, 0.05) is 24.9 Å². The molecule has 1 N–H and O–H groups in total. The number of alkyl carbamates (subject to hydrolysis) is 1. The Morgan fingerprint density at radius 1 is 1.03 bits per heavy atom. The van der Waals surface area contributed by atoms with Gasteiger partial charge in [0.25, 0.3) is 0 Å². The lowest BCUT2D eigenvalue weighted by Gasteiger charge is -2.14. The van der Waals surface area contributed by atoms with E-state index in [9.17, 15) is 4.79 Å². The van der Waals surface area contributed by atoms with Gasteiger partial charge in [-0.3, -0.25) is 4.40 Å². The van der Waals surface area contributed by atoms with Crippen LogP contribution in [0.1, 0.15) is 22.7 Å². The first-order valence-corrected chi connectivity index (χ1v) is 9.85. The number of imidazole rings is 1. The van der Waals surface area contributed by atoms with Crippen LogP contribution in [0.15, 0.2) is 79.3 Å². The minimum atomic E-state index is -0.429. The van der Waals surface area contributed by atoms with Gasteiger partial charge in [0.2, 0.25) is 5.78 Å². The molecule has 0 spiro atoms. The van der Waals surface area contributed by atoms with E-state index < -0.39 is 6.09 Å². The molecule has 2 aromatic heterocycles. The van der Waals surface area contributed by atoms with Gasteiger partial charge in [-0.15, -0.1) is 0 Å². The number of amides is 1. The van der Waals surface area contributed by atoms with Gasteiger partial charge in [-0.05, 0) is 34.4 Å². The Balaban J connectivity index is 1.19. The van der Waals surface area contributed by atoms with E-state index in [2.05, 4.69) is 39.6 Å². The Kier molecular flexibility index (Phi) is 4.73. The largest absolute Gasteiger partial charge is 0.449 e. The topological polar surface area (TPSA) is 68.5 Å². The average molecular weight is 396 g/mol. The first-order chi connectivity index (χ1) is 14.8. The van der Waals surface area contributed by atoms with Crippen LogP contribution >= 0.6 is 0 Å². The zero-order valence-corrected chi connectivity index (χ0v) is 16.2. The molecule has 148 valence electrons. The molecule has 30 heavy (non-hydrogen) atoms. The molecule has 6 nitrogen and oxygen atoms in total. The number of nitrogens with zero attached hydrogens (tertiary/aromatic N) is 3. The van der Waals surface area contributed by atoms with Crippen LogP contribution < -0.4 is 5.32 Å². The van der Waals surface area contributed by atoms with E-state index in [1.807, 2.05) is 53.1 Å². The molecule has 0 aliphatic heterocycles. The van der Waals surface area contributed by atoms with Gasteiger partial charge in [0.15, 0.2) is 0 Å². The summed E-state index contributed by atoms with van der Waals surface area (Å²) < 4.78 is 7.41. The summed E-state index contributed by atoms with van der Waals surface area (Å²) in [7, 11) is 0. The normalized spacial score (nSPS) is 12.8. The van der Waals surface area contributed by atoms with Gasteiger partial charge < -0.3 is 10.1 Å². The number of hydrogen-bond acceptors (Lipinski definition) is 4. The lowest BCUT2D eigenvalue weighted by atomic mass is 9.98. The second kappa shape index (κ2) is 7.83. The van der Waals surface area contributed by atoms with Gasteiger partial charge >= 0.3 is 6.09 Å². The summed E-state index contributed by atoms with van der Waals surface area (Å²) in [6.07, 6.45) is 8.67. The molecule has 0 radical (unpaired) electrons. The molecule has 0 saturated heterocycles. The van der Waals surface area contributed by atoms with Crippen molar-refractivity contribution in [3.63, 3.8) is 0 Å². The first kappa shape index (κ1) is 18.1. The van der Waals surface area contributed by atoms with Crippen LogP contribution in [-0.2, 0) is 4.74 Å². The van der Waals surface area contributed by atoms with Crippen molar-refractivity contribution in [1.82, 2.24) is 19.7 Å². The smallest absolute Gasteiger partial charge is 0.407 e. The van der Waals surface area contributed by atoms with Crippen LogP contribution in [0.2, 0.25) is 0 Å². The number of benzene rings is 2. The van der Waals surface area contributed by atoms with E-state index >= 15 is 0 Å². The predicted molar refractivity (Wildman–Crippen MR) is 115 cm³/mol. The third kappa shape index (κ3) is 3.33. The molecule has 0 bridgehead atoms. The molecule has 1 aliphatic carbocycles. The highest BCUT2D eigenvalue weighted by Gasteiger charge is 2.28. The van der Waals surface area contributed by atoms with Crippen LogP contribution in [0.4, 0.5) is 4.79 Å². The fraction of sp³-hybridized carbons (Fsp3) is 0.125. The molecule has 2 aromatic carbocycles. The lowest BCUT2D eigenvalue weighted by molar-refractivity contribution is 0.144. The van der Waals surface area contributed by atoms with Crippen molar-refractivity contribution in [3.8, 4) is 11.1 Å². The summed E-state index contributed by atoms with van der Waals surface area (Å²) >= 11 is 0. The molecular weight excluding hydrogens is 376 g/mol. The SMILES string of the molecule is O=C(NCC=Cc1cnc2ncccn12)OCC1c2ccccc2-c2ccccc21. The zero-order chi connectivity index (χ0) is 20.3. The molecule has 0 fully saturated rings. The van der Waals surface area contributed by atoms with Crippen LogP contribution in [0, 0.1) is 0 Å². The number of hydrogen-bond donors (Lipinski definition) is 1. The highest BCUT2D eigenvalue weighted by atomic mass is 16.5. The Morgan fingerprint density at radius 3 is 2.53 bits per heavy atom. The maximum atomic E-state index is 12.2. The molecule has 5 rings (SSSR count). The number of rotatable bonds is 5. The van der Waals surface area contributed by atoms with Crippen molar-refractivity contribution in [3.05, 3.63) is 96.1 Å². The van der Waals surface area contributed by atoms with Gasteiger partial charge in [-0.1, -0.05) is 54.6 Å². The third-order valence-corrected chi connectivity index (χ3v) is 5.31. The standard InChI is InChI=1S/C24H20N4O2/c29-24(26-12-5-7-17-15-27-23-25-13-6-14-28(17)23)30-16-22-20-10-3-1-8-18(20)19-9-2-4-11-21(19)22/h1-11,13-15,22H,12,16H2,(H,26,29). The molecule has 4 aromatic rings. The van der Waals surface area contributed by atoms with Gasteiger partial charge in [0.1, 0.15) is 6.61 Å². The molecule has 2 heterocycles. The molecule has 1 aliphatic rings. The van der Waals surface area contributed by atoms with E-state index in [-0.39, 0.29) is 5.92 Å². The Bertz CT molecular complexity index is 1200. The number of nitrogens with one attached hydrogen (secondary N) is 1. The van der Waals surface area contributed by atoms with Crippen LogP contribution in [0.5, 0.6) is 0 Å². The summed E-state index contributed by atoms with van der Waals surface area (Å²) in [5.41, 5.74) is 5.73. The minimum absolute atomic E-state index is 0.0596. The summed E-state index contributed by atoms with van der Waals surface area (Å²) in [4.78, 5) is 20.6. The monoisotopic (exact) mass is 396 g/mol. The second-order valence-electron chi connectivity index (χ2n) is 7.08. The Morgan fingerprint density at radius 2 is 1.77 bits per heavy atom. The van der Waals surface area contributed by atoms with Gasteiger partial charge in [-0.25, -0.2) is 14.8 Å². The maximum Gasteiger partial charge on any atom is 0.407 e. The van der Waals surface area contributed by atoms with Crippen molar-refractivity contribution in [2.45, 2.75) is 5.92 Å². The van der Waals surface area contributed by atoms with E-state index in [4.69, 9.17) is 4.74 Å².